The lowest BCUT2D eigenvalue weighted by molar-refractivity contribution is 0.0945. The normalized spacial score (nSPS) is 10.4. The van der Waals surface area contributed by atoms with Gasteiger partial charge in [0.15, 0.2) is 11.5 Å². The van der Waals surface area contributed by atoms with Crippen LogP contribution in [0.1, 0.15) is 26.4 Å². The van der Waals surface area contributed by atoms with E-state index in [9.17, 15) is 9.59 Å². The molecule has 0 atom stereocenters. The molecule has 2 aromatic carbocycles. The molecule has 3 aromatic rings. The van der Waals surface area contributed by atoms with Crippen LogP contribution in [0.15, 0.2) is 59.2 Å². The average Bonchev–Trinajstić information content (AvgIpc) is 2.73. The second kappa shape index (κ2) is 8.62. The van der Waals surface area contributed by atoms with Crippen molar-refractivity contribution in [2.45, 2.75) is 6.54 Å². The molecular weight excluding hydrogens is 422 g/mol. The third kappa shape index (κ3) is 4.34. The van der Waals surface area contributed by atoms with E-state index < -0.39 is 5.91 Å². The van der Waals surface area contributed by atoms with Crippen LogP contribution in [0.2, 0.25) is 0 Å². The highest BCUT2D eigenvalue weighted by Crippen LogP contribution is 2.20. The molecular formula is C20H18BrN5O2. The SMILES string of the molecule is CNC(=O)c1nc(-c2cccc(C(=O)NCc3ccccc3Br)c2)cnc1N. The van der Waals surface area contributed by atoms with Gasteiger partial charge in [0.05, 0.1) is 11.9 Å². The minimum Gasteiger partial charge on any atom is -0.382 e. The van der Waals surface area contributed by atoms with Crippen LogP contribution in [0.5, 0.6) is 0 Å². The number of carbonyl (C=O) groups is 2. The first kappa shape index (κ1) is 19.5. The number of nitrogens with two attached hydrogens (primary N) is 1. The number of benzene rings is 2. The summed E-state index contributed by atoms with van der Waals surface area (Å²) in [7, 11) is 1.49. The molecule has 28 heavy (non-hydrogen) atoms. The Kier molecular flexibility index (Phi) is 6.00. The number of carbonyl (C=O) groups excluding carboxylic acids is 2. The fraction of sp³-hybridized carbons (Fsp3) is 0.100. The molecule has 0 aliphatic carbocycles. The van der Waals surface area contributed by atoms with Crippen molar-refractivity contribution in [3.8, 4) is 11.3 Å². The Morgan fingerprint density at radius 1 is 1.11 bits per heavy atom. The van der Waals surface area contributed by atoms with E-state index in [-0.39, 0.29) is 17.4 Å². The Labute approximate surface area is 170 Å². The van der Waals surface area contributed by atoms with Gasteiger partial charge < -0.3 is 16.4 Å². The minimum absolute atomic E-state index is 0.0452. The fourth-order valence-corrected chi connectivity index (χ4v) is 2.99. The molecule has 142 valence electrons. The first-order valence-corrected chi connectivity index (χ1v) is 9.25. The number of amides is 2. The minimum atomic E-state index is -0.422. The second-order valence-corrected chi connectivity index (χ2v) is 6.78. The van der Waals surface area contributed by atoms with Gasteiger partial charge in [-0.3, -0.25) is 9.59 Å². The number of halogens is 1. The van der Waals surface area contributed by atoms with E-state index in [0.29, 0.717) is 23.4 Å². The standard InChI is InChI=1S/C20H18BrN5O2/c1-23-20(28)17-18(22)24-11-16(26-17)12-6-4-7-13(9-12)19(27)25-10-14-5-2-3-8-15(14)21/h2-9,11H,10H2,1H3,(H2,22,24)(H,23,28)(H,25,27). The van der Waals surface area contributed by atoms with E-state index in [2.05, 4.69) is 36.5 Å². The van der Waals surface area contributed by atoms with Crippen molar-refractivity contribution in [1.29, 1.82) is 0 Å². The van der Waals surface area contributed by atoms with Gasteiger partial charge in [-0.2, -0.15) is 0 Å². The quantitative estimate of drug-likeness (QED) is 0.565. The van der Waals surface area contributed by atoms with E-state index in [1.165, 1.54) is 13.2 Å². The van der Waals surface area contributed by atoms with Crippen LogP contribution in [0.25, 0.3) is 11.3 Å². The number of anilines is 1. The molecule has 1 aromatic heterocycles. The molecule has 4 N–H and O–H groups in total. The molecule has 7 nitrogen and oxygen atoms in total. The number of hydrogen-bond acceptors (Lipinski definition) is 5. The zero-order valence-corrected chi connectivity index (χ0v) is 16.7. The van der Waals surface area contributed by atoms with E-state index in [4.69, 9.17) is 5.73 Å². The van der Waals surface area contributed by atoms with E-state index in [0.717, 1.165) is 10.0 Å². The topological polar surface area (TPSA) is 110 Å². The molecule has 0 saturated heterocycles. The lowest BCUT2D eigenvalue weighted by Crippen LogP contribution is -2.23. The summed E-state index contributed by atoms with van der Waals surface area (Å²) in [4.78, 5) is 32.7. The molecule has 8 heteroatoms. The maximum absolute atomic E-state index is 12.5. The predicted octanol–water partition coefficient (Wildman–Crippen LogP) is 2.78. The smallest absolute Gasteiger partial charge is 0.273 e. The Morgan fingerprint density at radius 2 is 1.89 bits per heavy atom. The van der Waals surface area contributed by atoms with E-state index in [1.54, 1.807) is 24.3 Å². The molecule has 0 bridgehead atoms. The predicted molar refractivity (Wildman–Crippen MR) is 111 cm³/mol. The zero-order valence-electron chi connectivity index (χ0n) is 15.1. The fourth-order valence-electron chi connectivity index (χ4n) is 2.56. The highest BCUT2D eigenvalue weighted by atomic mass is 79.9. The number of nitrogens with zero attached hydrogens (tertiary/aromatic N) is 2. The van der Waals surface area contributed by atoms with Crippen molar-refractivity contribution in [3.63, 3.8) is 0 Å². The lowest BCUT2D eigenvalue weighted by atomic mass is 10.1. The van der Waals surface area contributed by atoms with E-state index >= 15 is 0 Å². The number of nitrogen functional groups attached to an aromatic ring is 1. The highest BCUT2D eigenvalue weighted by molar-refractivity contribution is 9.10. The van der Waals surface area contributed by atoms with Crippen molar-refractivity contribution in [3.05, 3.63) is 76.0 Å². The van der Waals surface area contributed by atoms with Crippen molar-refractivity contribution in [1.82, 2.24) is 20.6 Å². The molecule has 2 amide bonds. The lowest BCUT2D eigenvalue weighted by Gasteiger charge is -2.09. The van der Waals surface area contributed by atoms with Gasteiger partial charge in [0.25, 0.3) is 11.8 Å². The highest BCUT2D eigenvalue weighted by Gasteiger charge is 2.14. The molecule has 0 fully saturated rings. The molecule has 1 heterocycles. The van der Waals surface area contributed by atoms with Crippen LogP contribution >= 0.6 is 15.9 Å². The van der Waals surface area contributed by atoms with Crippen LogP contribution in [0, 0.1) is 0 Å². The monoisotopic (exact) mass is 439 g/mol. The van der Waals surface area contributed by atoms with Crippen LogP contribution in [0.3, 0.4) is 0 Å². The summed E-state index contributed by atoms with van der Waals surface area (Å²) < 4.78 is 0.933. The molecule has 0 unspecified atom stereocenters. The Bertz CT molecular complexity index is 1040. The Morgan fingerprint density at radius 3 is 2.64 bits per heavy atom. The summed E-state index contributed by atoms with van der Waals surface area (Å²) in [5.74, 6) is -0.591. The Balaban J connectivity index is 1.81. The van der Waals surface area contributed by atoms with Crippen LogP contribution in [-0.2, 0) is 6.54 Å². The van der Waals surface area contributed by atoms with Crippen molar-refractivity contribution >= 4 is 33.6 Å². The third-order valence-electron chi connectivity index (χ3n) is 4.06. The molecule has 0 radical (unpaired) electrons. The number of hydrogen-bond donors (Lipinski definition) is 3. The molecule has 3 rings (SSSR count). The van der Waals surface area contributed by atoms with Crippen molar-refractivity contribution in [2.75, 3.05) is 12.8 Å². The Hall–Kier alpha value is -3.26. The van der Waals surface area contributed by atoms with Gasteiger partial charge in [0.2, 0.25) is 0 Å². The van der Waals surface area contributed by atoms with Crippen LogP contribution < -0.4 is 16.4 Å². The first-order chi connectivity index (χ1) is 13.5. The third-order valence-corrected chi connectivity index (χ3v) is 4.83. The summed E-state index contributed by atoms with van der Waals surface area (Å²) in [6.07, 6.45) is 1.47. The van der Waals surface area contributed by atoms with Crippen LogP contribution in [-0.4, -0.2) is 28.8 Å². The van der Waals surface area contributed by atoms with Crippen LogP contribution in [0.4, 0.5) is 5.82 Å². The van der Waals surface area contributed by atoms with Gasteiger partial charge in [0, 0.05) is 29.2 Å². The van der Waals surface area contributed by atoms with Crippen molar-refractivity contribution in [2.24, 2.45) is 0 Å². The van der Waals surface area contributed by atoms with Crippen molar-refractivity contribution < 1.29 is 9.59 Å². The zero-order chi connectivity index (χ0) is 20.1. The second-order valence-electron chi connectivity index (χ2n) is 5.92. The molecule has 0 saturated carbocycles. The summed E-state index contributed by atoms with van der Waals surface area (Å²) in [5.41, 5.74) is 8.34. The summed E-state index contributed by atoms with van der Waals surface area (Å²) in [6, 6.07) is 14.6. The summed E-state index contributed by atoms with van der Waals surface area (Å²) in [5, 5.41) is 5.37. The number of nitrogens with one attached hydrogen (secondary N) is 2. The van der Waals surface area contributed by atoms with Gasteiger partial charge in [-0.25, -0.2) is 9.97 Å². The van der Waals surface area contributed by atoms with Gasteiger partial charge in [-0.05, 0) is 23.8 Å². The maximum atomic E-state index is 12.5. The molecule has 0 aliphatic heterocycles. The average molecular weight is 440 g/mol. The number of aromatic nitrogens is 2. The summed E-state index contributed by atoms with van der Waals surface area (Å²) >= 11 is 3.47. The van der Waals surface area contributed by atoms with E-state index in [1.807, 2.05) is 24.3 Å². The summed E-state index contributed by atoms with van der Waals surface area (Å²) in [6.45, 7) is 0.396. The molecule has 0 spiro atoms. The molecule has 0 aliphatic rings. The first-order valence-electron chi connectivity index (χ1n) is 8.46. The van der Waals surface area contributed by atoms with Gasteiger partial charge in [0.1, 0.15) is 0 Å². The van der Waals surface area contributed by atoms with Gasteiger partial charge in [-0.15, -0.1) is 0 Å². The van der Waals surface area contributed by atoms with Gasteiger partial charge in [-0.1, -0.05) is 46.3 Å². The largest absolute Gasteiger partial charge is 0.382 e. The maximum Gasteiger partial charge on any atom is 0.273 e. The number of rotatable bonds is 5. The van der Waals surface area contributed by atoms with Gasteiger partial charge >= 0.3 is 0 Å².